The van der Waals surface area contributed by atoms with Crippen LogP contribution in [0, 0.1) is 5.41 Å². The first-order valence-electron chi connectivity index (χ1n) is 3.72. The molecule has 0 rings (SSSR count). The largest absolute Gasteiger partial charge is 0.411 e. The zero-order valence-electron chi connectivity index (χ0n) is 7.61. The fraction of sp³-hybridized carbons (Fsp3) is 0.857. The van der Waals surface area contributed by atoms with Crippen LogP contribution in [0.25, 0.3) is 0 Å². The van der Waals surface area contributed by atoms with Crippen LogP contribution >= 0.6 is 0 Å². The van der Waals surface area contributed by atoms with E-state index in [9.17, 15) is 13.2 Å². The number of ether oxygens (including phenoxy) is 1. The van der Waals surface area contributed by atoms with Crippen LogP contribution in [0.2, 0.25) is 0 Å². The molecule has 13 heavy (non-hydrogen) atoms. The quantitative estimate of drug-likeness (QED) is 0.422. The molecule has 6 heteroatoms. The minimum Gasteiger partial charge on any atom is -0.372 e. The van der Waals surface area contributed by atoms with Gasteiger partial charge in [-0.2, -0.15) is 13.2 Å². The monoisotopic (exact) mass is 198 g/mol. The van der Waals surface area contributed by atoms with Gasteiger partial charge in [-0.05, 0) is 0 Å². The van der Waals surface area contributed by atoms with E-state index in [2.05, 4.69) is 4.74 Å². The number of hydrogen-bond donors (Lipinski definition) is 1. The van der Waals surface area contributed by atoms with E-state index in [1.54, 1.807) is 14.1 Å². The fourth-order valence-electron chi connectivity index (χ4n) is 0.580. The molecule has 0 saturated heterocycles. The van der Waals surface area contributed by atoms with E-state index in [-0.39, 0.29) is 18.9 Å². The second-order valence-corrected chi connectivity index (χ2v) is 2.76. The van der Waals surface area contributed by atoms with Crippen molar-refractivity contribution in [1.82, 2.24) is 4.90 Å². The highest BCUT2D eigenvalue weighted by Crippen LogP contribution is 2.14. The van der Waals surface area contributed by atoms with Crippen LogP contribution < -0.4 is 0 Å². The Kier molecular flexibility index (Phi) is 4.76. The van der Waals surface area contributed by atoms with E-state index in [0.717, 1.165) is 0 Å². The number of halogens is 3. The van der Waals surface area contributed by atoms with E-state index in [0.29, 0.717) is 0 Å². The van der Waals surface area contributed by atoms with Crippen LogP contribution in [0.4, 0.5) is 13.2 Å². The third-order valence-corrected chi connectivity index (χ3v) is 1.29. The second-order valence-electron chi connectivity index (χ2n) is 2.76. The highest BCUT2D eigenvalue weighted by Gasteiger charge is 2.27. The van der Waals surface area contributed by atoms with Gasteiger partial charge in [0.05, 0.1) is 12.4 Å². The molecule has 1 N–H and O–H groups in total. The lowest BCUT2D eigenvalue weighted by molar-refractivity contribution is -0.173. The van der Waals surface area contributed by atoms with Crippen LogP contribution in [-0.4, -0.2) is 44.2 Å². The summed E-state index contributed by atoms with van der Waals surface area (Å²) >= 11 is 0. The van der Waals surface area contributed by atoms with Gasteiger partial charge >= 0.3 is 6.18 Å². The summed E-state index contributed by atoms with van der Waals surface area (Å²) in [6.45, 7) is -1.32. The van der Waals surface area contributed by atoms with Crippen molar-refractivity contribution in [3.63, 3.8) is 0 Å². The summed E-state index contributed by atoms with van der Waals surface area (Å²) in [6.07, 6.45) is -4.08. The van der Waals surface area contributed by atoms with E-state index in [1.165, 1.54) is 4.90 Å². The first kappa shape index (κ1) is 12.2. The molecule has 0 radical (unpaired) electrons. The number of amidine groups is 1. The summed E-state index contributed by atoms with van der Waals surface area (Å²) in [5, 5.41) is 7.24. The molecule has 0 aliphatic heterocycles. The average molecular weight is 198 g/mol. The summed E-state index contributed by atoms with van der Waals surface area (Å²) in [4.78, 5) is 1.52. The molecular formula is C7H13F3N2O. The summed E-state index contributed by atoms with van der Waals surface area (Å²) in [6, 6.07) is 0. The van der Waals surface area contributed by atoms with Gasteiger partial charge in [0.2, 0.25) is 0 Å². The molecule has 0 amide bonds. The zero-order valence-corrected chi connectivity index (χ0v) is 7.61. The van der Waals surface area contributed by atoms with Gasteiger partial charge in [0, 0.05) is 20.5 Å². The molecule has 0 unspecified atom stereocenters. The summed E-state index contributed by atoms with van der Waals surface area (Å²) in [5.41, 5.74) is 0. The standard InChI is InChI=1S/C7H13F3N2O/c1-12(2)6(11)3-4-13-5-7(8,9)10/h11H,3-5H2,1-2H3. The average Bonchev–Trinajstić information content (AvgIpc) is 1.95. The van der Waals surface area contributed by atoms with Crippen LogP contribution in [0.15, 0.2) is 0 Å². The van der Waals surface area contributed by atoms with Gasteiger partial charge in [0.1, 0.15) is 6.61 Å². The van der Waals surface area contributed by atoms with Crippen molar-refractivity contribution < 1.29 is 17.9 Å². The Balaban J connectivity index is 3.42. The Bertz CT molecular complexity index is 168. The number of rotatable bonds is 4. The SMILES string of the molecule is CN(C)C(=N)CCOCC(F)(F)F. The van der Waals surface area contributed by atoms with E-state index in [1.807, 2.05) is 0 Å². The van der Waals surface area contributed by atoms with Crippen molar-refractivity contribution >= 4 is 5.84 Å². The van der Waals surface area contributed by atoms with Crippen LogP contribution in [-0.2, 0) is 4.74 Å². The number of nitrogens with one attached hydrogen (secondary N) is 1. The van der Waals surface area contributed by atoms with Crippen molar-refractivity contribution in [3.8, 4) is 0 Å². The maximum atomic E-state index is 11.5. The lowest BCUT2D eigenvalue weighted by Crippen LogP contribution is -2.24. The molecule has 0 saturated carbocycles. The van der Waals surface area contributed by atoms with Gasteiger partial charge < -0.3 is 9.64 Å². The molecule has 3 nitrogen and oxygen atoms in total. The van der Waals surface area contributed by atoms with Gasteiger partial charge in [-0.15, -0.1) is 0 Å². The lowest BCUT2D eigenvalue weighted by atomic mass is 10.4. The first-order chi connectivity index (χ1) is 5.83. The first-order valence-corrected chi connectivity index (χ1v) is 3.72. The molecule has 0 aromatic rings. The minimum absolute atomic E-state index is 0.0729. The van der Waals surface area contributed by atoms with Gasteiger partial charge in [-0.3, -0.25) is 5.41 Å². The maximum absolute atomic E-state index is 11.5. The highest BCUT2D eigenvalue weighted by molar-refractivity contribution is 5.78. The van der Waals surface area contributed by atoms with Crippen LogP contribution in [0.5, 0.6) is 0 Å². The molecule has 0 aliphatic rings. The Morgan fingerprint density at radius 2 is 1.92 bits per heavy atom. The lowest BCUT2D eigenvalue weighted by Gasteiger charge is -2.13. The Morgan fingerprint density at radius 3 is 2.31 bits per heavy atom. The van der Waals surface area contributed by atoms with E-state index < -0.39 is 12.8 Å². The third-order valence-electron chi connectivity index (χ3n) is 1.29. The summed E-state index contributed by atoms with van der Waals surface area (Å²) in [5.74, 6) is 0.252. The van der Waals surface area contributed by atoms with Crippen molar-refractivity contribution in [1.29, 1.82) is 5.41 Å². The third kappa shape index (κ3) is 7.58. The van der Waals surface area contributed by atoms with Crippen LogP contribution in [0.1, 0.15) is 6.42 Å². The summed E-state index contributed by atoms with van der Waals surface area (Å²) < 4.78 is 39.0. The number of alkyl halides is 3. The molecule has 0 aromatic heterocycles. The molecule has 78 valence electrons. The predicted octanol–water partition coefficient (Wildman–Crippen LogP) is 1.49. The van der Waals surface area contributed by atoms with Crippen molar-refractivity contribution in [2.45, 2.75) is 12.6 Å². The van der Waals surface area contributed by atoms with Gasteiger partial charge in [0.15, 0.2) is 0 Å². The van der Waals surface area contributed by atoms with Gasteiger partial charge in [-0.1, -0.05) is 0 Å². The van der Waals surface area contributed by atoms with Gasteiger partial charge in [-0.25, -0.2) is 0 Å². The molecule has 0 aliphatic carbocycles. The number of hydrogen-bond acceptors (Lipinski definition) is 2. The number of nitrogens with zero attached hydrogens (tertiary/aromatic N) is 1. The fourth-order valence-corrected chi connectivity index (χ4v) is 0.580. The zero-order chi connectivity index (χ0) is 10.5. The molecule has 0 fully saturated rings. The Labute approximate surface area is 75.0 Å². The topological polar surface area (TPSA) is 36.3 Å². The molecular weight excluding hydrogens is 185 g/mol. The highest BCUT2D eigenvalue weighted by atomic mass is 19.4. The van der Waals surface area contributed by atoms with E-state index >= 15 is 0 Å². The molecule has 0 spiro atoms. The van der Waals surface area contributed by atoms with Crippen molar-refractivity contribution in [2.75, 3.05) is 27.3 Å². The van der Waals surface area contributed by atoms with Gasteiger partial charge in [0.25, 0.3) is 0 Å². The predicted molar refractivity (Wildman–Crippen MR) is 42.9 cm³/mol. The molecule has 0 aromatic carbocycles. The Morgan fingerprint density at radius 1 is 1.38 bits per heavy atom. The van der Waals surface area contributed by atoms with Crippen molar-refractivity contribution in [3.05, 3.63) is 0 Å². The molecule has 0 atom stereocenters. The van der Waals surface area contributed by atoms with Crippen LogP contribution in [0.3, 0.4) is 0 Å². The Hall–Kier alpha value is -0.780. The molecule has 0 heterocycles. The minimum atomic E-state index is -4.28. The normalized spacial score (nSPS) is 11.5. The molecule has 0 bridgehead atoms. The second kappa shape index (κ2) is 5.06. The smallest absolute Gasteiger partial charge is 0.372 e. The van der Waals surface area contributed by atoms with Crippen molar-refractivity contribution in [2.24, 2.45) is 0 Å². The maximum Gasteiger partial charge on any atom is 0.411 e. The van der Waals surface area contributed by atoms with E-state index in [4.69, 9.17) is 5.41 Å². The summed E-state index contributed by atoms with van der Waals surface area (Å²) in [7, 11) is 3.32.